The molecule has 17 heavy (non-hydrogen) atoms. The Hall–Kier alpha value is -0.720. The second kappa shape index (κ2) is 6.28. The topological polar surface area (TPSA) is 72.5 Å². The predicted molar refractivity (Wildman–Crippen MR) is 71.8 cm³/mol. The summed E-state index contributed by atoms with van der Waals surface area (Å²) in [5.74, 6) is -0.243. The van der Waals surface area contributed by atoms with Crippen LogP contribution in [0.1, 0.15) is 5.56 Å². The second-order valence-electron chi connectivity index (χ2n) is 3.46. The van der Waals surface area contributed by atoms with Crippen LogP contribution in [0.15, 0.2) is 21.5 Å². The van der Waals surface area contributed by atoms with Crippen LogP contribution < -0.4 is 10.5 Å². The Kier molecular flexibility index (Phi) is 5.30. The van der Waals surface area contributed by atoms with Gasteiger partial charge in [0.1, 0.15) is 11.8 Å². The molecule has 4 nitrogen and oxygen atoms in total. The first-order chi connectivity index (χ1) is 7.99. The van der Waals surface area contributed by atoms with E-state index in [4.69, 9.17) is 15.6 Å². The van der Waals surface area contributed by atoms with Crippen molar-refractivity contribution in [1.29, 1.82) is 0 Å². The third-order valence-corrected chi connectivity index (χ3v) is 3.60. The summed E-state index contributed by atoms with van der Waals surface area (Å²) in [6.07, 6.45) is 2.23. The highest BCUT2D eigenvalue weighted by Gasteiger charge is 2.15. The minimum Gasteiger partial charge on any atom is -0.494 e. The van der Waals surface area contributed by atoms with Gasteiger partial charge in [-0.05, 0) is 46.3 Å². The van der Waals surface area contributed by atoms with Crippen molar-refractivity contribution in [2.24, 2.45) is 5.73 Å². The van der Waals surface area contributed by atoms with Gasteiger partial charge in [0.15, 0.2) is 0 Å². The van der Waals surface area contributed by atoms with Crippen molar-refractivity contribution in [3.8, 4) is 5.75 Å². The molecule has 0 aliphatic carbocycles. The molecule has 0 spiro atoms. The molecule has 1 aromatic carbocycles. The van der Waals surface area contributed by atoms with Gasteiger partial charge >= 0.3 is 5.97 Å². The summed E-state index contributed by atoms with van der Waals surface area (Å²) >= 11 is 4.94. The number of hydrogen-bond acceptors (Lipinski definition) is 4. The lowest BCUT2D eigenvalue weighted by atomic mass is 10.1. The minimum atomic E-state index is -0.998. The summed E-state index contributed by atoms with van der Waals surface area (Å²) in [6, 6.07) is 2.85. The Morgan fingerprint density at radius 3 is 2.76 bits per heavy atom. The lowest BCUT2D eigenvalue weighted by molar-refractivity contribution is -0.138. The maximum atomic E-state index is 10.7. The molecule has 3 N–H and O–H groups in total. The van der Waals surface area contributed by atoms with Crippen LogP contribution in [0.2, 0.25) is 0 Å². The van der Waals surface area contributed by atoms with Crippen LogP contribution in [-0.2, 0) is 11.2 Å². The number of benzene rings is 1. The number of nitrogens with two attached hydrogens (primary N) is 1. The average Bonchev–Trinajstić information content (AvgIpc) is 2.27. The van der Waals surface area contributed by atoms with E-state index < -0.39 is 12.0 Å². The van der Waals surface area contributed by atoms with Crippen molar-refractivity contribution in [2.45, 2.75) is 17.4 Å². The molecule has 1 unspecified atom stereocenters. The zero-order valence-corrected chi connectivity index (χ0v) is 12.0. The smallest absolute Gasteiger partial charge is 0.320 e. The van der Waals surface area contributed by atoms with Crippen LogP contribution in [0.25, 0.3) is 0 Å². The first-order valence-corrected chi connectivity index (χ1v) is 6.90. The number of halogens is 1. The van der Waals surface area contributed by atoms with Crippen LogP contribution in [0, 0.1) is 0 Å². The predicted octanol–water partition coefficient (Wildman–Crippen LogP) is 2.13. The lowest BCUT2D eigenvalue weighted by Crippen LogP contribution is -2.32. The fourth-order valence-electron chi connectivity index (χ4n) is 1.43. The van der Waals surface area contributed by atoms with E-state index in [1.807, 2.05) is 18.4 Å². The number of rotatable bonds is 5. The Morgan fingerprint density at radius 2 is 2.29 bits per heavy atom. The fourth-order valence-corrected chi connectivity index (χ4v) is 2.88. The van der Waals surface area contributed by atoms with E-state index in [2.05, 4.69) is 15.9 Å². The molecule has 0 saturated heterocycles. The Morgan fingerprint density at radius 1 is 1.65 bits per heavy atom. The van der Waals surface area contributed by atoms with Gasteiger partial charge < -0.3 is 15.6 Å². The van der Waals surface area contributed by atoms with Crippen molar-refractivity contribution >= 4 is 33.7 Å². The SMILES string of the molecule is COc1c(Br)cc(CC(N)C(=O)O)cc1SC. The molecule has 1 rings (SSSR count). The molecule has 6 heteroatoms. The summed E-state index contributed by atoms with van der Waals surface area (Å²) in [5, 5.41) is 8.77. The van der Waals surface area contributed by atoms with Crippen molar-refractivity contribution in [1.82, 2.24) is 0 Å². The van der Waals surface area contributed by atoms with Crippen LogP contribution in [-0.4, -0.2) is 30.5 Å². The molecular weight excluding hydrogens is 306 g/mol. The number of carboxylic acid groups (broad SMARTS) is 1. The van der Waals surface area contributed by atoms with Gasteiger partial charge in [-0.3, -0.25) is 4.79 Å². The fraction of sp³-hybridized carbons (Fsp3) is 0.364. The summed E-state index contributed by atoms with van der Waals surface area (Å²) in [5.41, 5.74) is 6.38. The molecular formula is C11H14BrNO3S. The number of aliphatic carboxylic acids is 1. The van der Waals surface area contributed by atoms with Gasteiger partial charge in [0.25, 0.3) is 0 Å². The normalized spacial score (nSPS) is 12.2. The third-order valence-electron chi connectivity index (χ3n) is 2.27. The Balaban J connectivity index is 3.03. The van der Waals surface area contributed by atoms with Gasteiger partial charge in [0.2, 0.25) is 0 Å². The minimum absolute atomic E-state index is 0.297. The molecule has 1 aromatic rings. The van der Waals surface area contributed by atoms with E-state index in [0.717, 1.165) is 20.7 Å². The molecule has 0 aliphatic heterocycles. The van der Waals surface area contributed by atoms with Gasteiger partial charge in [0.05, 0.1) is 16.5 Å². The van der Waals surface area contributed by atoms with E-state index in [9.17, 15) is 4.79 Å². The van der Waals surface area contributed by atoms with Gasteiger partial charge in [-0.2, -0.15) is 0 Å². The number of hydrogen-bond donors (Lipinski definition) is 2. The Bertz CT molecular complexity index is 425. The van der Waals surface area contributed by atoms with Crippen molar-refractivity contribution in [2.75, 3.05) is 13.4 Å². The zero-order chi connectivity index (χ0) is 13.0. The highest BCUT2D eigenvalue weighted by molar-refractivity contribution is 9.10. The maximum absolute atomic E-state index is 10.7. The number of carbonyl (C=O) groups is 1. The Labute approximate surface area is 113 Å². The molecule has 94 valence electrons. The molecule has 0 radical (unpaired) electrons. The van der Waals surface area contributed by atoms with Crippen LogP contribution in [0.5, 0.6) is 5.75 Å². The summed E-state index contributed by atoms with van der Waals surface area (Å²) < 4.78 is 6.06. The molecule has 0 fully saturated rings. The molecule has 1 atom stereocenters. The largest absolute Gasteiger partial charge is 0.494 e. The average molecular weight is 320 g/mol. The van der Waals surface area contributed by atoms with E-state index in [0.29, 0.717) is 6.42 Å². The number of carboxylic acids is 1. The third kappa shape index (κ3) is 3.62. The second-order valence-corrected chi connectivity index (χ2v) is 5.16. The summed E-state index contributed by atoms with van der Waals surface area (Å²) in [4.78, 5) is 11.7. The molecule has 0 bridgehead atoms. The standard InChI is InChI=1S/C11H14BrNO3S/c1-16-10-7(12)3-6(5-9(10)17-2)4-8(13)11(14)15/h3,5,8H,4,13H2,1-2H3,(H,14,15). The quantitative estimate of drug-likeness (QED) is 0.813. The highest BCUT2D eigenvalue weighted by Crippen LogP contribution is 2.36. The molecule has 0 saturated carbocycles. The zero-order valence-electron chi connectivity index (χ0n) is 9.57. The maximum Gasteiger partial charge on any atom is 0.320 e. The van der Waals surface area contributed by atoms with E-state index in [1.54, 1.807) is 18.9 Å². The molecule has 0 heterocycles. The van der Waals surface area contributed by atoms with Crippen LogP contribution >= 0.6 is 27.7 Å². The van der Waals surface area contributed by atoms with Crippen molar-refractivity contribution in [3.63, 3.8) is 0 Å². The van der Waals surface area contributed by atoms with E-state index in [-0.39, 0.29) is 0 Å². The van der Waals surface area contributed by atoms with Gasteiger partial charge in [0, 0.05) is 0 Å². The highest BCUT2D eigenvalue weighted by atomic mass is 79.9. The van der Waals surface area contributed by atoms with Gasteiger partial charge in [-0.25, -0.2) is 0 Å². The van der Waals surface area contributed by atoms with Crippen LogP contribution in [0.4, 0.5) is 0 Å². The first kappa shape index (κ1) is 14.3. The first-order valence-electron chi connectivity index (χ1n) is 4.88. The van der Waals surface area contributed by atoms with E-state index in [1.165, 1.54) is 0 Å². The van der Waals surface area contributed by atoms with Gasteiger partial charge in [-0.15, -0.1) is 11.8 Å². The number of ether oxygens (including phenoxy) is 1. The molecule has 0 aromatic heterocycles. The number of methoxy groups -OCH3 is 1. The molecule has 0 amide bonds. The van der Waals surface area contributed by atoms with Crippen LogP contribution in [0.3, 0.4) is 0 Å². The van der Waals surface area contributed by atoms with E-state index >= 15 is 0 Å². The summed E-state index contributed by atoms with van der Waals surface area (Å²) in [6.45, 7) is 0. The van der Waals surface area contributed by atoms with Crippen molar-refractivity contribution in [3.05, 3.63) is 22.2 Å². The monoisotopic (exact) mass is 319 g/mol. The van der Waals surface area contributed by atoms with Gasteiger partial charge in [-0.1, -0.05) is 0 Å². The van der Waals surface area contributed by atoms with Crippen molar-refractivity contribution < 1.29 is 14.6 Å². The number of thioether (sulfide) groups is 1. The molecule has 0 aliphatic rings. The lowest BCUT2D eigenvalue weighted by Gasteiger charge is -2.12. The summed E-state index contributed by atoms with van der Waals surface area (Å²) in [7, 11) is 1.60.